The predicted octanol–water partition coefficient (Wildman–Crippen LogP) is 15.6. The first-order chi connectivity index (χ1) is 30.2. The van der Waals surface area contributed by atoms with Crippen molar-refractivity contribution in [3.63, 3.8) is 0 Å². The lowest BCUT2D eigenvalue weighted by Gasteiger charge is -2.15. The molecule has 14 rings (SSSR count). The number of benzene rings is 9. The van der Waals surface area contributed by atoms with Crippen molar-refractivity contribution < 1.29 is 17.7 Å². The van der Waals surface area contributed by atoms with Crippen LogP contribution >= 0.6 is 0 Å². The summed E-state index contributed by atoms with van der Waals surface area (Å²) in [5, 5.41) is 8.35. The maximum atomic E-state index is 6.50. The van der Waals surface area contributed by atoms with Crippen molar-refractivity contribution in [2.45, 2.75) is 0 Å². The van der Waals surface area contributed by atoms with Crippen molar-refractivity contribution >= 4 is 98.8 Å². The minimum Gasteiger partial charge on any atom is -0.456 e. The summed E-state index contributed by atoms with van der Waals surface area (Å²) in [7, 11) is 0. The molecule has 0 aliphatic carbocycles. The molecule has 0 N–H and O–H groups in total. The SMILES string of the molecule is c1ccc(-c2nc3ccccc3n2-c2cc(-c3ccc4oc5cc6c(cc5c4c3)oc3ccccc36)cc(-c3ccc4oc5cc6c(cc5c4c3)oc3ccccc36)c2)cc1. The molecule has 0 bridgehead atoms. The van der Waals surface area contributed by atoms with Crippen molar-refractivity contribution in [2.24, 2.45) is 0 Å². The van der Waals surface area contributed by atoms with Gasteiger partial charge in [-0.2, -0.15) is 0 Å². The lowest BCUT2D eigenvalue weighted by Crippen LogP contribution is -1.99. The molecule has 0 amide bonds. The molecule has 0 fully saturated rings. The van der Waals surface area contributed by atoms with Gasteiger partial charge in [0.2, 0.25) is 0 Å². The lowest BCUT2D eigenvalue weighted by atomic mass is 9.95. The summed E-state index contributed by atoms with van der Waals surface area (Å²) in [6.45, 7) is 0. The van der Waals surface area contributed by atoms with Crippen molar-refractivity contribution in [2.75, 3.05) is 0 Å². The second kappa shape index (κ2) is 12.1. The molecular weight excluding hydrogens is 753 g/mol. The Labute approximate surface area is 346 Å². The van der Waals surface area contributed by atoms with Gasteiger partial charge in [-0.05, 0) is 113 Å². The molecule has 0 aliphatic rings. The first-order valence-electron chi connectivity index (χ1n) is 20.4. The minimum atomic E-state index is 0.829. The van der Waals surface area contributed by atoms with Gasteiger partial charge in [-0.3, -0.25) is 4.57 Å². The molecule has 0 saturated heterocycles. The molecule has 0 atom stereocenters. The zero-order valence-electron chi connectivity index (χ0n) is 32.3. The molecule has 284 valence electrons. The van der Waals surface area contributed by atoms with Gasteiger partial charge in [-0.1, -0.05) is 91.0 Å². The average molecular weight is 783 g/mol. The quantitative estimate of drug-likeness (QED) is 0.178. The summed E-state index contributed by atoms with van der Waals surface area (Å²) in [6.07, 6.45) is 0. The summed E-state index contributed by atoms with van der Waals surface area (Å²) in [5.74, 6) is 0.877. The Bertz CT molecular complexity index is 3910. The number of fused-ring (bicyclic) bond motifs is 13. The number of rotatable bonds is 4. The summed E-state index contributed by atoms with van der Waals surface area (Å²) in [4.78, 5) is 5.20. The largest absolute Gasteiger partial charge is 0.456 e. The van der Waals surface area contributed by atoms with Crippen LogP contribution in [0.25, 0.3) is 138 Å². The van der Waals surface area contributed by atoms with Crippen molar-refractivity contribution in [3.05, 3.63) is 182 Å². The van der Waals surface area contributed by atoms with E-state index in [0.717, 1.165) is 138 Å². The summed E-state index contributed by atoms with van der Waals surface area (Å²) < 4.78 is 27.9. The third-order valence-electron chi connectivity index (χ3n) is 12.4. The summed E-state index contributed by atoms with van der Waals surface area (Å²) in [5.41, 5.74) is 15.0. The van der Waals surface area contributed by atoms with Gasteiger partial charge >= 0.3 is 0 Å². The molecule has 0 aliphatic heterocycles. The predicted molar refractivity (Wildman–Crippen MR) is 246 cm³/mol. The lowest BCUT2D eigenvalue weighted by molar-refractivity contribution is 0.664. The fourth-order valence-electron chi connectivity index (χ4n) is 9.49. The van der Waals surface area contributed by atoms with E-state index in [1.807, 2.05) is 48.5 Å². The number of aromatic nitrogens is 2. The van der Waals surface area contributed by atoms with Crippen molar-refractivity contribution in [1.29, 1.82) is 0 Å². The Hall–Kier alpha value is -8.35. The number of imidazole rings is 1. The third kappa shape index (κ3) is 4.81. The van der Waals surface area contributed by atoms with Crippen molar-refractivity contribution in [1.82, 2.24) is 9.55 Å². The number of hydrogen-bond acceptors (Lipinski definition) is 5. The van der Waals surface area contributed by atoms with Crippen LogP contribution in [0.2, 0.25) is 0 Å². The fourth-order valence-corrected chi connectivity index (χ4v) is 9.49. The average Bonchev–Trinajstić information content (AvgIpc) is 4.13. The van der Waals surface area contributed by atoms with E-state index in [1.165, 1.54) is 0 Å². The molecule has 0 radical (unpaired) electrons. The molecule has 5 heterocycles. The molecule has 14 aromatic rings. The Balaban J connectivity index is 1.00. The van der Waals surface area contributed by atoms with E-state index in [9.17, 15) is 0 Å². The molecule has 61 heavy (non-hydrogen) atoms. The van der Waals surface area contributed by atoms with Gasteiger partial charge in [0.15, 0.2) is 0 Å². The van der Waals surface area contributed by atoms with Crippen LogP contribution in [-0.2, 0) is 0 Å². The van der Waals surface area contributed by atoms with Crippen LogP contribution < -0.4 is 0 Å². The van der Waals surface area contributed by atoms with Gasteiger partial charge in [0.25, 0.3) is 0 Å². The number of furan rings is 4. The topological polar surface area (TPSA) is 70.4 Å². The molecule has 5 aromatic heterocycles. The van der Waals surface area contributed by atoms with Gasteiger partial charge < -0.3 is 17.7 Å². The number of para-hydroxylation sites is 4. The van der Waals surface area contributed by atoms with Gasteiger partial charge in [0.1, 0.15) is 50.5 Å². The van der Waals surface area contributed by atoms with E-state index in [2.05, 4.69) is 138 Å². The van der Waals surface area contributed by atoms with Crippen LogP contribution in [0.4, 0.5) is 0 Å². The zero-order chi connectivity index (χ0) is 39.8. The Morgan fingerprint density at radius 1 is 0.295 bits per heavy atom. The van der Waals surface area contributed by atoms with Gasteiger partial charge in [0.05, 0.1) is 11.0 Å². The van der Waals surface area contributed by atoms with E-state index in [1.54, 1.807) is 0 Å². The Morgan fingerprint density at radius 2 is 0.738 bits per heavy atom. The van der Waals surface area contributed by atoms with Crippen LogP contribution in [0.1, 0.15) is 0 Å². The van der Waals surface area contributed by atoms with Crippen LogP contribution in [0.15, 0.2) is 200 Å². The maximum Gasteiger partial charge on any atom is 0.145 e. The molecule has 9 aromatic carbocycles. The van der Waals surface area contributed by atoms with Crippen molar-refractivity contribution in [3.8, 4) is 39.3 Å². The highest BCUT2D eigenvalue weighted by Crippen LogP contribution is 2.42. The monoisotopic (exact) mass is 782 g/mol. The van der Waals surface area contributed by atoms with E-state index in [0.29, 0.717) is 0 Å². The first-order valence-corrected chi connectivity index (χ1v) is 20.4. The second-order valence-electron chi connectivity index (χ2n) is 15.9. The Morgan fingerprint density at radius 3 is 1.30 bits per heavy atom. The van der Waals surface area contributed by atoms with Crippen LogP contribution in [-0.4, -0.2) is 9.55 Å². The molecule has 6 heteroatoms. The van der Waals surface area contributed by atoms with Gasteiger partial charge in [0, 0.05) is 54.3 Å². The zero-order valence-corrected chi connectivity index (χ0v) is 32.3. The fraction of sp³-hybridized carbons (Fsp3) is 0. The molecule has 0 saturated carbocycles. The Kier molecular flexibility index (Phi) is 6.46. The van der Waals surface area contributed by atoms with E-state index in [4.69, 9.17) is 22.7 Å². The molecule has 0 spiro atoms. The van der Waals surface area contributed by atoms with Gasteiger partial charge in [-0.15, -0.1) is 0 Å². The highest BCUT2D eigenvalue weighted by molar-refractivity contribution is 6.16. The standard InChI is InChI=1S/C55H30N2O4/c1-2-10-31(11-3-1)55-56-45-14-6-7-15-46(45)57(55)36-23-34(32-18-20-49-39(25-32)43-29-51-41(27-53(43)60-49)37-12-4-8-16-47(37)58-51)22-35(24-36)33-19-21-50-40(26-33)44-30-52-42(28-54(44)61-50)38-13-5-9-17-48(38)59-52/h1-30H. The smallest absolute Gasteiger partial charge is 0.145 e. The first kappa shape index (κ1) is 32.6. The van der Waals surface area contributed by atoms with E-state index in [-0.39, 0.29) is 0 Å². The summed E-state index contributed by atoms with van der Waals surface area (Å²) >= 11 is 0. The molecule has 0 unspecified atom stereocenters. The van der Waals surface area contributed by atoms with Crippen LogP contribution in [0.5, 0.6) is 0 Å². The highest BCUT2D eigenvalue weighted by atomic mass is 16.3. The van der Waals surface area contributed by atoms with Crippen LogP contribution in [0, 0.1) is 0 Å². The summed E-state index contributed by atoms with van der Waals surface area (Å²) in [6, 6.07) is 63.3. The minimum absolute atomic E-state index is 0.829. The maximum absolute atomic E-state index is 6.50. The normalized spacial score (nSPS) is 12.3. The van der Waals surface area contributed by atoms with E-state index < -0.39 is 0 Å². The number of nitrogens with zero attached hydrogens (tertiary/aromatic N) is 2. The molecular formula is C55H30N2O4. The molecule has 6 nitrogen and oxygen atoms in total. The number of hydrogen-bond donors (Lipinski definition) is 0. The van der Waals surface area contributed by atoms with E-state index >= 15 is 0 Å². The van der Waals surface area contributed by atoms with Crippen LogP contribution in [0.3, 0.4) is 0 Å². The second-order valence-corrected chi connectivity index (χ2v) is 15.9. The van der Waals surface area contributed by atoms with Gasteiger partial charge in [-0.25, -0.2) is 4.98 Å². The third-order valence-corrected chi connectivity index (χ3v) is 12.4. The highest BCUT2D eigenvalue weighted by Gasteiger charge is 2.20.